The van der Waals surface area contributed by atoms with Gasteiger partial charge in [-0.05, 0) is 60.5 Å². The maximum absolute atomic E-state index is 12.9. The Morgan fingerprint density at radius 1 is 1.43 bits per heavy atom. The second kappa shape index (κ2) is 7.83. The summed E-state index contributed by atoms with van der Waals surface area (Å²) in [5.74, 6) is -1.66. The van der Waals surface area contributed by atoms with E-state index < -0.39 is 18.1 Å². The van der Waals surface area contributed by atoms with Crippen molar-refractivity contribution >= 4 is 28.6 Å². The van der Waals surface area contributed by atoms with Crippen LogP contribution in [0, 0.1) is 9.49 Å². The number of nitrogens with zero attached hydrogens (tertiary/aromatic N) is 1. The third kappa shape index (κ3) is 4.82. The number of halogens is 4. The first kappa shape index (κ1) is 18.5. The zero-order chi connectivity index (χ0) is 17.0. The van der Waals surface area contributed by atoms with Crippen LogP contribution in [0.5, 0.6) is 0 Å². The van der Waals surface area contributed by atoms with Crippen molar-refractivity contribution < 1.29 is 22.7 Å². The summed E-state index contributed by atoms with van der Waals surface area (Å²) in [7, 11) is 0. The summed E-state index contributed by atoms with van der Waals surface area (Å²) in [6.07, 6.45) is -3.41. The highest BCUT2D eigenvalue weighted by atomic mass is 127. The average Bonchev–Trinajstić information content (AvgIpc) is 2.49. The zero-order valence-corrected chi connectivity index (χ0v) is 15.0. The van der Waals surface area contributed by atoms with Crippen LogP contribution >= 0.6 is 22.6 Å². The zero-order valence-electron chi connectivity index (χ0n) is 12.8. The minimum atomic E-state index is -4.14. The summed E-state index contributed by atoms with van der Waals surface area (Å²) >= 11 is 2.06. The maximum atomic E-state index is 12.9. The molecule has 1 fully saturated rings. The third-order valence-corrected chi connectivity index (χ3v) is 5.21. The first-order valence-electron chi connectivity index (χ1n) is 7.56. The van der Waals surface area contributed by atoms with E-state index in [4.69, 9.17) is 4.74 Å². The van der Waals surface area contributed by atoms with Crippen LogP contribution in [0.15, 0.2) is 18.2 Å². The predicted molar refractivity (Wildman–Crippen MR) is 89.2 cm³/mol. The third-order valence-electron chi connectivity index (χ3n) is 3.94. The van der Waals surface area contributed by atoms with Crippen molar-refractivity contribution in [3.8, 4) is 0 Å². The lowest BCUT2D eigenvalue weighted by Gasteiger charge is -2.34. The fourth-order valence-electron chi connectivity index (χ4n) is 2.78. The Hall–Kier alpha value is -0.830. The van der Waals surface area contributed by atoms with Crippen molar-refractivity contribution in [1.29, 1.82) is 0 Å². The number of likely N-dealkylation sites (tertiary alicyclic amines) is 1. The van der Waals surface area contributed by atoms with Crippen LogP contribution < -0.4 is 0 Å². The molecule has 1 aliphatic rings. The number of esters is 1. The summed E-state index contributed by atoms with van der Waals surface area (Å²) in [5.41, 5.74) is 1.33. The molecule has 0 saturated carbocycles. The molecule has 1 aliphatic heterocycles. The van der Waals surface area contributed by atoms with Gasteiger partial charge in [0.2, 0.25) is 0 Å². The number of benzene rings is 1. The highest BCUT2D eigenvalue weighted by Crippen LogP contribution is 2.34. The minimum absolute atomic E-state index is 0.0171. The van der Waals surface area contributed by atoms with E-state index in [-0.39, 0.29) is 13.0 Å². The Balaban J connectivity index is 2.11. The molecule has 23 heavy (non-hydrogen) atoms. The maximum Gasteiger partial charge on any atom is 0.393 e. The standard InChI is InChI=1S/C16H19F3INO2/c1-2-23-15(22)13-7-3-5-11(14(13)20)9-21-8-4-6-12(10-21)16(17,18)19/h3,5,7,12H,2,4,6,8-10H2,1H3. The number of hydrogen-bond acceptors (Lipinski definition) is 3. The largest absolute Gasteiger partial charge is 0.462 e. The molecule has 1 saturated heterocycles. The van der Waals surface area contributed by atoms with E-state index in [2.05, 4.69) is 22.6 Å². The smallest absolute Gasteiger partial charge is 0.393 e. The Morgan fingerprint density at radius 3 is 2.83 bits per heavy atom. The molecule has 0 bridgehead atoms. The van der Waals surface area contributed by atoms with Gasteiger partial charge in [0.05, 0.1) is 18.1 Å². The van der Waals surface area contributed by atoms with Crippen LogP contribution in [0.3, 0.4) is 0 Å². The molecule has 0 amide bonds. The van der Waals surface area contributed by atoms with Gasteiger partial charge >= 0.3 is 12.1 Å². The number of ether oxygens (including phenoxy) is 1. The molecule has 0 spiro atoms. The molecule has 0 N–H and O–H groups in total. The molecule has 0 aromatic heterocycles. The highest BCUT2D eigenvalue weighted by Gasteiger charge is 2.41. The molecule has 0 radical (unpaired) electrons. The molecule has 1 aromatic carbocycles. The lowest BCUT2D eigenvalue weighted by molar-refractivity contribution is -0.187. The lowest BCUT2D eigenvalue weighted by Crippen LogP contribution is -2.41. The minimum Gasteiger partial charge on any atom is -0.462 e. The van der Waals surface area contributed by atoms with Gasteiger partial charge in [0, 0.05) is 16.7 Å². The van der Waals surface area contributed by atoms with E-state index in [1.165, 1.54) is 0 Å². The van der Waals surface area contributed by atoms with Crippen LogP contribution in [0.2, 0.25) is 0 Å². The number of carbonyl (C=O) groups is 1. The number of alkyl halides is 3. The summed E-state index contributed by atoms with van der Waals surface area (Å²) in [6.45, 7) is 3.10. The molecule has 3 nitrogen and oxygen atoms in total. The van der Waals surface area contributed by atoms with Gasteiger partial charge in [-0.15, -0.1) is 0 Å². The number of rotatable bonds is 4. The predicted octanol–water partition coefficient (Wildman–Crippen LogP) is 4.24. The molecular weight excluding hydrogens is 422 g/mol. The lowest BCUT2D eigenvalue weighted by atomic mass is 9.97. The molecule has 2 rings (SSSR count). The van der Waals surface area contributed by atoms with Crippen molar-refractivity contribution in [3.63, 3.8) is 0 Å². The van der Waals surface area contributed by atoms with E-state index >= 15 is 0 Å². The van der Waals surface area contributed by atoms with E-state index in [1.807, 2.05) is 11.0 Å². The number of hydrogen-bond donors (Lipinski definition) is 0. The molecule has 1 aromatic rings. The van der Waals surface area contributed by atoms with Gasteiger partial charge in [-0.3, -0.25) is 4.90 Å². The highest BCUT2D eigenvalue weighted by molar-refractivity contribution is 14.1. The Morgan fingerprint density at radius 2 is 2.17 bits per heavy atom. The van der Waals surface area contributed by atoms with Crippen LogP contribution in [0.1, 0.15) is 35.7 Å². The Kier molecular flexibility index (Phi) is 6.30. The number of carbonyl (C=O) groups excluding carboxylic acids is 1. The van der Waals surface area contributed by atoms with E-state index in [0.29, 0.717) is 31.7 Å². The molecular formula is C16H19F3INO2. The molecule has 7 heteroatoms. The molecule has 128 valence electrons. The van der Waals surface area contributed by atoms with Gasteiger partial charge < -0.3 is 4.74 Å². The summed E-state index contributed by atoms with van der Waals surface area (Å²) in [5, 5.41) is 0. The van der Waals surface area contributed by atoms with E-state index in [0.717, 1.165) is 9.13 Å². The van der Waals surface area contributed by atoms with Crippen LogP contribution in [0.4, 0.5) is 13.2 Å². The number of piperidine rings is 1. The Bertz CT molecular complexity index is 563. The second-order valence-electron chi connectivity index (χ2n) is 5.62. The van der Waals surface area contributed by atoms with Gasteiger partial charge in [0.1, 0.15) is 0 Å². The summed E-state index contributed by atoms with van der Waals surface area (Å²) < 4.78 is 44.5. The monoisotopic (exact) mass is 441 g/mol. The fourth-order valence-corrected chi connectivity index (χ4v) is 3.53. The molecule has 1 atom stereocenters. The summed E-state index contributed by atoms with van der Waals surface area (Å²) in [6, 6.07) is 5.27. The normalized spacial score (nSPS) is 19.6. The van der Waals surface area contributed by atoms with E-state index in [1.54, 1.807) is 19.1 Å². The fraction of sp³-hybridized carbons (Fsp3) is 0.562. The van der Waals surface area contributed by atoms with E-state index in [9.17, 15) is 18.0 Å². The summed E-state index contributed by atoms with van der Waals surface area (Å²) in [4.78, 5) is 13.7. The van der Waals surface area contributed by atoms with Crippen molar-refractivity contribution in [1.82, 2.24) is 4.90 Å². The first-order valence-corrected chi connectivity index (χ1v) is 8.64. The van der Waals surface area contributed by atoms with Crippen LogP contribution in [-0.4, -0.2) is 36.7 Å². The second-order valence-corrected chi connectivity index (χ2v) is 6.69. The average molecular weight is 441 g/mol. The van der Waals surface area contributed by atoms with Crippen molar-refractivity contribution in [2.45, 2.75) is 32.5 Å². The first-order chi connectivity index (χ1) is 10.8. The Labute approximate surface area is 147 Å². The molecule has 1 heterocycles. The molecule has 1 unspecified atom stereocenters. The quantitative estimate of drug-likeness (QED) is 0.517. The van der Waals surface area contributed by atoms with Crippen LogP contribution in [-0.2, 0) is 11.3 Å². The SMILES string of the molecule is CCOC(=O)c1cccc(CN2CCCC(C(F)(F)F)C2)c1I. The van der Waals surface area contributed by atoms with Gasteiger partial charge in [0.25, 0.3) is 0 Å². The molecule has 0 aliphatic carbocycles. The topological polar surface area (TPSA) is 29.5 Å². The van der Waals surface area contributed by atoms with Crippen molar-refractivity contribution in [3.05, 3.63) is 32.9 Å². The van der Waals surface area contributed by atoms with Crippen molar-refractivity contribution in [2.24, 2.45) is 5.92 Å². The van der Waals surface area contributed by atoms with Crippen molar-refractivity contribution in [2.75, 3.05) is 19.7 Å². The van der Waals surface area contributed by atoms with Crippen LogP contribution in [0.25, 0.3) is 0 Å². The van der Waals surface area contributed by atoms with Gasteiger partial charge in [-0.25, -0.2) is 4.79 Å². The van der Waals surface area contributed by atoms with Gasteiger partial charge in [-0.1, -0.05) is 12.1 Å². The van der Waals surface area contributed by atoms with Gasteiger partial charge in [0.15, 0.2) is 0 Å². The van der Waals surface area contributed by atoms with Gasteiger partial charge in [-0.2, -0.15) is 13.2 Å².